The summed E-state index contributed by atoms with van der Waals surface area (Å²) in [6.07, 6.45) is 1.65. The molecule has 0 spiro atoms. The van der Waals surface area contributed by atoms with Crippen molar-refractivity contribution in [2.45, 2.75) is 34.2 Å². The van der Waals surface area contributed by atoms with Crippen molar-refractivity contribution in [2.75, 3.05) is 12.3 Å². The molecule has 0 amide bonds. The molecule has 0 aliphatic heterocycles. The Kier molecular flexibility index (Phi) is 8.67. The summed E-state index contributed by atoms with van der Waals surface area (Å²) in [6.45, 7) is 8.08. The largest absolute Gasteiger partial charge is 0.486 e. The highest BCUT2D eigenvalue weighted by molar-refractivity contribution is 6.32. The van der Waals surface area contributed by atoms with E-state index < -0.39 is 0 Å². The molecular formula is C18H27ClN6O. The molecule has 1 heterocycles. The number of rotatable bonds is 6. The SMILES string of the molecule is C/C(=C(/N)COc1ccccc1Cl)N(N)Cc1cnc(C)nc1N.CC. The van der Waals surface area contributed by atoms with E-state index in [4.69, 9.17) is 33.6 Å². The second-order valence-electron chi connectivity index (χ2n) is 5.29. The second kappa shape index (κ2) is 10.5. The third-order valence-electron chi connectivity index (χ3n) is 3.47. The monoisotopic (exact) mass is 378 g/mol. The van der Waals surface area contributed by atoms with Crippen LogP contribution in [0.2, 0.25) is 5.02 Å². The van der Waals surface area contributed by atoms with Gasteiger partial charge in [-0.2, -0.15) is 0 Å². The molecule has 0 radical (unpaired) electrons. The normalized spacial score (nSPS) is 11.2. The number of nitrogens with zero attached hydrogens (tertiary/aromatic N) is 3. The minimum atomic E-state index is 0.170. The molecule has 0 aliphatic rings. The van der Waals surface area contributed by atoms with Crippen LogP contribution in [0, 0.1) is 6.92 Å². The van der Waals surface area contributed by atoms with Gasteiger partial charge in [0.15, 0.2) is 0 Å². The Hall–Kier alpha value is -2.51. The van der Waals surface area contributed by atoms with Crippen molar-refractivity contribution in [1.82, 2.24) is 15.0 Å². The van der Waals surface area contributed by atoms with E-state index >= 15 is 0 Å². The predicted octanol–water partition coefficient (Wildman–Crippen LogP) is 2.99. The molecule has 0 bridgehead atoms. The minimum absolute atomic E-state index is 0.170. The zero-order chi connectivity index (χ0) is 19.7. The first kappa shape index (κ1) is 21.5. The Morgan fingerprint density at radius 1 is 1.27 bits per heavy atom. The molecular weight excluding hydrogens is 352 g/mol. The van der Waals surface area contributed by atoms with Crippen molar-refractivity contribution in [3.63, 3.8) is 0 Å². The molecule has 0 atom stereocenters. The van der Waals surface area contributed by atoms with Crippen LogP contribution in [0.25, 0.3) is 0 Å². The summed E-state index contributed by atoms with van der Waals surface area (Å²) in [5.41, 5.74) is 13.8. The smallest absolute Gasteiger partial charge is 0.138 e. The van der Waals surface area contributed by atoms with E-state index in [1.54, 1.807) is 32.2 Å². The van der Waals surface area contributed by atoms with Crippen LogP contribution in [0.15, 0.2) is 41.9 Å². The number of hydrazine groups is 1. The maximum absolute atomic E-state index is 6.06. The Morgan fingerprint density at radius 3 is 2.54 bits per heavy atom. The van der Waals surface area contributed by atoms with Crippen molar-refractivity contribution in [3.8, 4) is 5.75 Å². The van der Waals surface area contributed by atoms with Crippen LogP contribution in [0.4, 0.5) is 5.82 Å². The summed E-state index contributed by atoms with van der Waals surface area (Å²) in [7, 11) is 0. The maximum atomic E-state index is 6.06. The molecule has 6 N–H and O–H groups in total. The molecule has 0 fully saturated rings. The van der Waals surface area contributed by atoms with Gasteiger partial charge in [-0.1, -0.05) is 37.6 Å². The fourth-order valence-electron chi connectivity index (χ4n) is 1.94. The highest BCUT2D eigenvalue weighted by Gasteiger charge is 2.10. The quantitative estimate of drug-likeness (QED) is 0.522. The van der Waals surface area contributed by atoms with Crippen LogP contribution in [-0.2, 0) is 6.54 Å². The van der Waals surface area contributed by atoms with Crippen molar-refractivity contribution in [3.05, 3.63) is 58.3 Å². The first-order valence-electron chi connectivity index (χ1n) is 8.31. The molecule has 8 heteroatoms. The fraction of sp³-hybridized carbons (Fsp3) is 0.333. The van der Waals surface area contributed by atoms with E-state index in [2.05, 4.69) is 9.97 Å². The van der Waals surface area contributed by atoms with Crippen molar-refractivity contribution in [2.24, 2.45) is 11.6 Å². The molecule has 26 heavy (non-hydrogen) atoms. The number of hydrogen-bond acceptors (Lipinski definition) is 7. The zero-order valence-electron chi connectivity index (χ0n) is 15.7. The average Bonchev–Trinajstić information content (AvgIpc) is 2.64. The number of halogens is 1. The van der Waals surface area contributed by atoms with Gasteiger partial charge in [-0.3, -0.25) is 0 Å². The van der Waals surface area contributed by atoms with E-state index in [9.17, 15) is 0 Å². The molecule has 2 aromatic rings. The number of nitrogens with two attached hydrogens (primary N) is 3. The molecule has 142 valence electrons. The van der Waals surface area contributed by atoms with Gasteiger partial charge >= 0.3 is 0 Å². The van der Waals surface area contributed by atoms with Crippen molar-refractivity contribution in [1.29, 1.82) is 0 Å². The van der Waals surface area contributed by atoms with Crippen LogP contribution >= 0.6 is 11.6 Å². The van der Waals surface area contributed by atoms with Crippen LogP contribution < -0.4 is 22.0 Å². The number of anilines is 1. The molecule has 0 unspecified atom stereocenters. The van der Waals surface area contributed by atoms with E-state index in [0.717, 1.165) is 5.56 Å². The van der Waals surface area contributed by atoms with Crippen LogP contribution in [0.1, 0.15) is 32.2 Å². The zero-order valence-corrected chi connectivity index (χ0v) is 16.4. The Labute approximate surface area is 159 Å². The number of aromatic nitrogens is 2. The van der Waals surface area contributed by atoms with Crippen molar-refractivity contribution < 1.29 is 4.74 Å². The topological polar surface area (TPSA) is 116 Å². The van der Waals surface area contributed by atoms with E-state index in [0.29, 0.717) is 40.4 Å². The lowest BCUT2D eigenvalue weighted by Gasteiger charge is -2.22. The molecule has 0 saturated heterocycles. The maximum Gasteiger partial charge on any atom is 0.138 e. The molecule has 0 saturated carbocycles. The van der Waals surface area contributed by atoms with Gasteiger partial charge in [0, 0.05) is 17.5 Å². The summed E-state index contributed by atoms with van der Waals surface area (Å²) >= 11 is 6.04. The fourth-order valence-corrected chi connectivity index (χ4v) is 2.13. The Balaban J connectivity index is 0.00000163. The average molecular weight is 379 g/mol. The van der Waals surface area contributed by atoms with Gasteiger partial charge < -0.3 is 21.2 Å². The lowest BCUT2D eigenvalue weighted by Crippen LogP contribution is -2.32. The first-order valence-corrected chi connectivity index (χ1v) is 8.69. The molecule has 1 aromatic heterocycles. The van der Waals surface area contributed by atoms with Crippen molar-refractivity contribution >= 4 is 17.4 Å². The van der Waals surface area contributed by atoms with Gasteiger partial charge in [-0.25, -0.2) is 15.8 Å². The van der Waals surface area contributed by atoms with Gasteiger partial charge in [0.2, 0.25) is 0 Å². The lowest BCUT2D eigenvalue weighted by molar-refractivity contribution is 0.318. The van der Waals surface area contributed by atoms with Gasteiger partial charge in [-0.05, 0) is 26.0 Å². The van der Waals surface area contributed by atoms with Gasteiger partial charge in [-0.15, -0.1) is 0 Å². The molecule has 2 rings (SSSR count). The number of ether oxygens (including phenoxy) is 1. The Morgan fingerprint density at radius 2 is 1.92 bits per heavy atom. The van der Waals surface area contributed by atoms with Crippen LogP contribution in [0.5, 0.6) is 5.75 Å². The highest BCUT2D eigenvalue weighted by atomic mass is 35.5. The van der Waals surface area contributed by atoms with Crippen LogP contribution in [-0.4, -0.2) is 21.6 Å². The number of allylic oxidation sites excluding steroid dienone is 1. The highest BCUT2D eigenvalue weighted by Crippen LogP contribution is 2.23. The molecule has 1 aromatic carbocycles. The van der Waals surface area contributed by atoms with Gasteiger partial charge in [0.25, 0.3) is 0 Å². The molecule has 7 nitrogen and oxygen atoms in total. The number of aryl methyl sites for hydroxylation is 1. The second-order valence-corrected chi connectivity index (χ2v) is 5.69. The minimum Gasteiger partial charge on any atom is -0.486 e. The van der Waals surface area contributed by atoms with E-state index in [1.807, 2.05) is 26.0 Å². The lowest BCUT2D eigenvalue weighted by atomic mass is 10.2. The summed E-state index contributed by atoms with van der Waals surface area (Å²) < 4.78 is 5.61. The van der Waals surface area contributed by atoms with Gasteiger partial charge in [0.1, 0.15) is 24.0 Å². The summed E-state index contributed by atoms with van der Waals surface area (Å²) in [5.74, 6) is 7.63. The summed E-state index contributed by atoms with van der Waals surface area (Å²) in [6, 6.07) is 7.19. The van der Waals surface area contributed by atoms with Crippen LogP contribution in [0.3, 0.4) is 0 Å². The Bertz CT molecular complexity index is 750. The summed E-state index contributed by atoms with van der Waals surface area (Å²) in [4.78, 5) is 8.24. The van der Waals surface area contributed by atoms with E-state index in [-0.39, 0.29) is 6.61 Å². The standard InChI is InChI=1S/C16H21ClN6O.C2H6/c1-10(14(18)9-24-15-6-4-3-5-13(15)17)23(20)8-12-7-21-11(2)22-16(12)19;1-2/h3-7H,8-9,18,20H2,1-2H3,(H2,19,21,22);1-2H3/b14-10-;. The van der Waals surface area contributed by atoms with Gasteiger partial charge in [0.05, 0.1) is 17.3 Å². The predicted molar refractivity (Wildman–Crippen MR) is 106 cm³/mol. The summed E-state index contributed by atoms with van der Waals surface area (Å²) in [5, 5.41) is 2.01. The molecule has 0 aliphatic carbocycles. The number of para-hydroxylation sites is 1. The number of hydrogen-bond donors (Lipinski definition) is 3. The third kappa shape index (κ3) is 6.09. The number of nitrogen functional groups attached to an aromatic ring is 1. The first-order chi connectivity index (χ1) is 12.4. The number of benzene rings is 1. The van der Waals surface area contributed by atoms with E-state index in [1.165, 1.54) is 5.01 Å². The third-order valence-corrected chi connectivity index (χ3v) is 3.79.